The van der Waals surface area contributed by atoms with Crippen LogP contribution in [0.15, 0.2) is 48.5 Å². The van der Waals surface area contributed by atoms with Gasteiger partial charge in [-0.1, -0.05) is 12.1 Å². The maximum atomic E-state index is 3.71. The summed E-state index contributed by atoms with van der Waals surface area (Å²) in [4.78, 5) is 12.4. The first kappa shape index (κ1) is 22.3. The molecule has 2 aromatic carbocycles. The molecule has 0 saturated carbocycles. The molecule has 35 heavy (non-hydrogen) atoms. The molecule has 0 spiro atoms. The topological polar surface area (TPSA) is 34.8 Å². The zero-order valence-electron chi connectivity index (χ0n) is 21.3. The van der Waals surface area contributed by atoms with E-state index in [0.29, 0.717) is 0 Å². The van der Waals surface area contributed by atoms with Crippen LogP contribution < -0.4 is 19.8 Å². The average Bonchev–Trinajstić information content (AvgIpc) is 2.90. The maximum absolute atomic E-state index is 3.71. The average molecular weight is 467 g/mol. The van der Waals surface area contributed by atoms with Gasteiger partial charge in [-0.3, -0.25) is 9.80 Å². The van der Waals surface area contributed by atoms with E-state index in [-0.39, 0.29) is 0 Å². The Morgan fingerprint density at radius 1 is 0.571 bits per heavy atom. The molecule has 0 unspecified atom stereocenters. The van der Waals surface area contributed by atoms with Crippen molar-refractivity contribution in [3.8, 4) is 0 Å². The highest BCUT2D eigenvalue weighted by molar-refractivity contribution is 5.82. The van der Waals surface area contributed by atoms with Crippen molar-refractivity contribution in [2.24, 2.45) is 0 Å². The molecule has 0 radical (unpaired) electrons. The van der Waals surface area contributed by atoms with Crippen LogP contribution in [-0.2, 0) is 6.42 Å². The molecular formula is C31H38N4+2. The molecule has 4 nitrogen and oxygen atoms in total. The van der Waals surface area contributed by atoms with Gasteiger partial charge in [-0.15, -0.1) is 0 Å². The van der Waals surface area contributed by atoms with Gasteiger partial charge in [-0.25, -0.2) is 9.97 Å². The first-order valence-corrected chi connectivity index (χ1v) is 13.5. The summed E-state index contributed by atoms with van der Waals surface area (Å²) in [6.07, 6.45) is 8.86. The zero-order valence-corrected chi connectivity index (χ0v) is 21.3. The molecule has 4 heteroatoms. The van der Waals surface area contributed by atoms with Crippen LogP contribution in [0.4, 0.5) is 11.6 Å². The highest BCUT2D eigenvalue weighted by Crippen LogP contribution is 2.26. The molecule has 2 N–H and O–H groups in total. The molecule has 0 bridgehead atoms. The van der Waals surface area contributed by atoms with Gasteiger partial charge in [-0.05, 0) is 105 Å². The van der Waals surface area contributed by atoms with Crippen LogP contribution in [0.5, 0.6) is 0 Å². The van der Waals surface area contributed by atoms with Gasteiger partial charge in [0.1, 0.15) is 11.0 Å². The normalized spacial score (nSPS) is 16.9. The standard InChI is InChI=1S/C31H36N4/c1-22-17-30(34-13-5-3-6-14-34)32-28-11-9-24(20-26(22)28)19-25-10-12-29-27(21-25)23(2)18-31(33-29)35-15-7-4-8-16-35/h9-12,17-18,20-21H,3-8,13-16,19H2,1-2H3/p+2. The lowest BCUT2D eigenvalue weighted by molar-refractivity contribution is -0.331. The number of aromatic nitrogens is 2. The van der Waals surface area contributed by atoms with Crippen molar-refractivity contribution in [2.75, 3.05) is 36.0 Å². The lowest BCUT2D eigenvalue weighted by Crippen LogP contribution is -2.34. The lowest BCUT2D eigenvalue weighted by atomic mass is 9.98. The third-order valence-corrected chi connectivity index (χ3v) is 8.05. The molecule has 4 heterocycles. The van der Waals surface area contributed by atoms with E-state index < -0.39 is 0 Å². The van der Waals surface area contributed by atoms with Crippen LogP contribution in [-0.4, -0.2) is 26.2 Å². The summed E-state index contributed by atoms with van der Waals surface area (Å²) < 4.78 is 0. The highest BCUT2D eigenvalue weighted by Gasteiger charge is 2.21. The van der Waals surface area contributed by atoms with Crippen molar-refractivity contribution >= 4 is 33.4 Å². The van der Waals surface area contributed by atoms with Gasteiger partial charge in [0.05, 0.1) is 26.2 Å². The maximum Gasteiger partial charge on any atom is 0.275 e. The van der Waals surface area contributed by atoms with Gasteiger partial charge in [0.15, 0.2) is 0 Å². The second kappa shape index (κ2) is 9.49. The van der Waals surface area contributed by atoms with Crippen molar-refractivity contribution in [2.45, 2.75) is 58.8 Å². The molecule has 2 aliphatic rings. The molecule has 0 amide bonds. The SMILES string of the molecule is Cc1cc(N2CCCCC2)[nH+]c2ccc(Cc3ccc4[nH+]c(N5CCCCC5)cc(C)c4c3)cc12. The fourth-order valence-corrected chi connectivity index (χ4v) is 6.03. The van der Waals surface area contributed by atoms with Crippen LogP contribution in [0.2, 0.25) is 0 Å². The van der Waals surface area contributed by atoms with E-state index in [2.05, 4.69) is 82.1 Å². The van der Waals surface area contributed by atoms with Crippen LogP contribution in [0, 0.1) is 13.8 Å². The Morgan fingerprint density at radius 3 is 1.43 bits per heavy atom. The predicted octanol–water partition coefficient (Wildman–Crippen LogP) is 5.81. The third kappa shape index (κ3) is 4.59. The molecule has 4 aromatic rings. The number of fused-ring (bicyclic) bond motifs is 2. The third-order valence-electron chi connectivity index (χ3n) is 8.05. The number of hydrogen-bond donors (Lipinski definition) is 0. The van der Waals surface area contributed by atoms with Gasteiger partial charge in [0.2, 0.25) is 0 Å². The molecule has 2 fully saturated rings. The Balaban J connectivity index is 1.26. The highest BCUT2D eigenvalue weighted by atomic mass is 15.2. The Kier molecular flexibility index (Phi) is 6.05. The zero-order chi connectivity index (χ0) is 23.8. The number of anilines is 2. The quantitative estimate of drug-likeness (QED) is 0.380. The summed E-state index contributed by atoms with van der Waals surface area (Å²) in [7, 11) is 0. The number of nitrogens with zero attached hydrogens (tertiary/aromatic N) is 2. The van der Waals surface area contributed by atoms with E-state index >= 15 is 0 Å². The van der Waals surface area contributed by atoms with Crippen LogP contribution in [0.3, 0.4) is 0 Å². The fourth-order valence-electron chi connectivity index (χ4n) is 6.03. The lowest BCUT2D eigenvalue weighted by Gasteiger charge is -2.21. The molecule has 0 aliphatic carbocycles. The largest absolute Gasteiger partial charge is 0.275 e. The smallest absolute Gasteiger partial charge is 0.262 e. The molecule has 6 rings (SSSR count). The summed E-state index contributed by atoms with van der Waals surface area (Å²) in [5, 5.41) is 2.67. The van der Waals surface area contributed by atoms with Gasteiger partial charge < -0.3 is 0 Å². The Hall–Kier alpha value is -3.14. The Labute approximate surface area is 209 Å². The van der Waals surface area contributed by atoms with Crippen LogP contribution >= 0.6 is 0 Å². The molecule has 0 atom stereocenters. The van der Waals surface area contributed by atoms with Crippen molar-refractivity contribution < 1.29 is 9.97 Å². The number of hydrogen-bond acceptors (Lipinski definition) is 2. The summed E-state index contributed by atoms with van der Waals surface area (Å²) >= 11 is 0. The van der Waals surface area contributed by atoms with Crippen molar-refractivity contribution in [3.63, 3.8) is 0 Å². The number of nitrogens with one attached hydrogen (secondary N) is 2. The number of aromatic amines is 2. The minimum Gasteiger partial charge on any atom is -0.262 e. The number of aryl methyl sites for hydroxylation is 2. The minimum absolute atomic E-state index is 0.951. The summed E-state index contributed by atoms with van der Waals surface area (Å²) in [5.41, 5.74) is 7.93. The van der Waals surface area contributed by atoms with E-state index in [9.17, 15) is 0 Å². The van der Waals surface area contributed by atoms with E-state index in [4.69, 9.17) is 0 Å². The fraction of sp³-hybridized carbons (Fsp3) is 0.419. The second-order valence-corrected chi connectivity index (χ2v) is 10.7. The van der Waals surface area contributed by atoms with Gasteiger partial charge in [-0.2, -0.15) is 0 Å². The van der Waals surface area contributed by atoms with Gasteiger partial charge in [0.25, 0.3) is 11.6 Å². The Morgan fingerprint density at radius 2 is 1.00 bits per heavy atom. The predicted molar refractivity (Wildman–Crippen MR) is 145 cm³/mol. The monoisotopic (exact) mass is 466 g/mol. The van der Waals surface area contributed by atoms with Crippen LogP contribution in [0.25, 0.3) is 21.8 Å². The van der Waals surface area contributed by atoms with Gasteiger partial charge >= 0.3 is 0 Å². The molecule has 2 aliphatic heterocycles. The number of benzene rings is 2. The number of pyridine rings is 2. The summed E-state index contributed by atoms with van der Waals surface area (Å²) in [5.74, 6) is 2.54. The second-order valence-electron chi connectivity index (χ2n) is 10.7. The summed E-state index contributed by atoms with van der Waals surface area (Å²) in [6.45, 7) is 9.16. The van der Waals surface area contributed by atoms with Crippen molar-refractivity contribution in [1.29, 1.82) is 0 Å². The Bertz CT molecular complexity index is 1260. The first-order chi connectivity index (χ1) is 17.1. The molecule has 2 saturated heterocycles. The summed E-state index contributed by atoms with van der Waals surface area (Å²) in [6, 6.07) is 18.6. The minimum atomic E-state index is 0.951. The molecule has 180 valence electrons. The van der Waals surface area contributed by atoms with Crippen molar-refractivity contribution in [3.05, 3.63) is 70.8 Å². The van der Waals surface area contributed by atoms with E-state index in [1.807, 2.05) is 0 Å². The van der Waals surface area contributed by atoms with E-state index in [0.717, 1.165) is 32.6 Å². The van der Waals surface area contributed by atoms with E-state index in [1.54, 1.807) is 0 Å². The van der Waals surface area contributed by atoms with Crippen molar-refractivity contribution in [1.82, 2.24) is 0 Å². The van der Waals surface area contributed by atoms with E-state index in [1.165, 1.54) is 94.2 Å². The molecule has 2 aromatic heterocycles. The number of H-pyrrole nitrogens is 2. The first-order valence-electron chi connectivity index (χ1n) is 13.5. The number of rotatable bonds is 4. The van der Waals surface area contributed by atoms with Gasteiger partial charge in [0, 0.05) is 22.9 Å². The molecular weight excluding hydrogens is 428 g/mol. The van der Waals surface area contributed by atoms with Crippen LogP contribution in [0.1, 0.15) is 60.8 Å². The number of piperidine rings is 2.